The van der Waals surface area contributed by atoms with E-state index in [0.29, 0.717) is 5.41 Å². The number of rotatable bonds is 2. The van der Waals surface area contributed by atoms with Crippen LogP contribution in [0.5, 0.6) is 0 Å². The molecular weight excluding hydrogens is 223 g/mol. The number of hydrogen-bond acceptors (Lipinski definition) is 0. The van der Waals surface area contributed by atoms with Crippen molar-refractivity contribution < 1.29 is 0 Å². The Balaban J connectivity index is 1.68. The van der Waals surface area contributed by atoms with Gasteiger partial charge in [-0.1, -0.05) is 26.6 Å². The SMILES string of the molecule is CC(C)(C)C=PCC12CC3CC(CC(C3)C1)C2. The van der Waals surface area contributed by atoms with Gasteiger partial charge < -0.3 is 0 Å². The van der Waals surface area contributed by atoms with Crippen molar-refractivity contribution in [1.29, 1.82) is 0 Å². The summed E-state index contributed by atoms with van der Waals surface area (Å²) >= 11 is 0. The van der Waals surface area contributed by atoms with Gasteiger partial charge in [0, 0.05) is 0 Å². The molecule has 96 valence electrons. The Morgan fingerprint density at radius 1 is 1.00 bits per heavy atom. The third-order valence-corrected chi connectivity index (χ3v) is 6.88. The molecule has 0 unspecified atom stereocenters. The van der Waals surface area contributed by atoms with E-state index in [1.54, 1.807) is 46.7 Å². The van der Waals surface area contributed by atoms with Crippen LogP contribution in [0.4, 0.5) is 0 Å². The van der Waals surface area contributed by atoms with Crippen molar-refractivity contribution in [2.75, 3.05) is 6.16 Å². The maximum atomic E-state index is 2.53. The fourth-order valence-corrected chi connectivity index (χ4v) is 6.41. The molecule has 4 aliphatic carbocycles. The predicted octanol–water partition coefficient (Wildman–Crippen LogP) is 5.00. The van der Waals surface area contributed by atoms with Gasteiger partial charge in [-0.25, -0.2) is 0 Å². The molecule has 0 saturated heterocycles. The lowest BCUT2D eigenvalue weighted by atomic mass is 9.50. The molecule has 0 nitrogen and oxygen atoms in total. The molecule has 4 fully saturated rings. The van der Waals surface area contributed by atoms with Gasteiger partial charge in [-0.15, -0.1) is 8.20 Å². The fourth-order valence-electron chi connectivity index (χ4n) is 5.00. The molecule has 0 aromatic heterocycles. The van der Waals surface area contributed by atoms with Crippen LogP contribution in [0, 0.1) is 28.6 Å². The molecular formula is C16H27P. The Bertz CT molecular complexity index is 286. The van der Waals surface area contributed by atoms with E-state index >= 15 is 0 Å². The third kappa shape index (κ3) is 2.62. The molecule has 0 aliphatic heterocycles. The summed E-state index contributed by atoms with van der Waals surface area (Å²) in [5.41, 5.74) is 1.18. The van der Waals surface area contributed by atoms with Crippen LogP contribution in [-0.4, -0.2) is 12.0 Å². The Morgan fingerprint density at radius 2 is 1.47 bits per heavy atom. The maximum absolute atomic E-state index is 2.53. The summed E-state index contributed by atoms with van der Waals surface area (Å²) in [6.45, 7) is 7.00. The first-order valence-corrected chi connectivity index (χ1v) is 8.60. The van der Waals surface area contributed by atoms with Gasteiger partial charge in [0.1, 0.15) is 0 Å². The second-order valence-corrected chi connectivity index (χ2v) is 9.19. The van der Waals surface area contributed by atoms with Gasteiger partial charge >= 0.3 is 0 Å². The van der Waals surface area contributed by atoms with Gasteiger partial charge in [0.05, 0.1) is 0 Å². The van der Waals surface area contributed by atoms with Crippen LogP contribution in [0.3, 0.4) is 0 Å². The first-order valence-electron chi connectivity index (χ1n) is 7.45. The average molecular weight is 250 g/mol. The van der Waals surface area contributed by atoms with Gasteiger partial charge in [0.15, 0.2) is 0 Å². The highest BCUT2D eigenvalue weighted by Gasteiger charge is 2.50. The van der Waals surface area contributed by atoms with E-state index in [2.05, 4.69) is 26.6 Å². The van der Waals surface area contributed by atoms with Crippen molar-refractivity contribution in [1.82, 2.24) is 0 Å². The lowest BCUT2D eigenvalue weighted by Crippen LogP contribution is -2.46. The molecule has 17 heavy (non-hydrogen) atoms. The van der Waals surface area contributed by atoms with Crippen molar-refractivity contribution in [3.63, 3.8) is 0 Å². The zero-order chi connectivity index (χ0) is 12.1. The van der Waals surface area contributed by atoms with Gasteiger partial charge in [-0.3, -0.25) is 0 Å². The summed E-state index contributed by atoms with van der Waals surface area (Å²) in [5.74, 6) is 5.88. The molecule has 0 aromatic rings. The normalized spacial score (nSPS) is 44.8. The molecule has 0 radical (unpaired) electrons. The van der Waals surface area contributed by atoms with Crippen LogP contribution in [-0.2, 0) is 0 Å². The quantitative estimate of drug-likeness (QED) is 0.605. The van der Waals surface area contributed by atoms with Crippen LogP contribution in [0.1, 0.15) is 59.3 Å². The first kappa shape index (κ1) is 12.2. The second kappa shape index (κ2) is 4.09. The lowest BCUT2D eigenvalue weighted by Gasteiger charge is -2.56. The van der Waals surface area contributed by atoms with Gasteiger partial charge in [0.2, 0.25) is 0 Å². The van der Waals surface area contributed by atoms with E-state index in [1.807, 2.05) is 0 Å². The zero-order valence-electron chi connectivity index (χ0n) is 11.7. The monoisotopic (exact) mass is 250 g/mol. The maximum Gasteiger partial charge on any atom is -0.00521 e. The van der Waals surface area contributed by atoms with E-state index in [0.717, 1.165) is 23.2 Å². The first-order chi connectivity index (χ1) is 7.94. The van der Waals surface area contributed by atoms with Gasteiger partial charge in [-0.2, -0.15) is 0 Å². The van der Waals surface area contributed by atoms with Gasteiger partial charge in [0.25, 0.3) is 0 Å². The van der Waals surface area contributed by atoms with Crippen molar-refractivity contribution in [3.05, 3.63) is 0 Å². The molecule has 0 heterocycles. The summed E-state index contributed by atoms with van der Waals surface area (Å²) < 4.78 is 0. The Hall–Kier alpha value is 0.170. The topological polar surface area (TPSA) is 0 Å². The Labute approximate surface area is 108 Å². The van der Waals surface area contributed by atoms with Crippen molar-refractivity contribution in [2.45, 2.75) is 59.3 Å². The highest BCUT2D eigenvalue weighted by atomic mass is 31.1. The van der Waals surface area contributed by atoms with E-state index in [1.165, 1.54) is 6.16 Å². The molecule has 1 heteroatoms. The molecule has 0 amide bonds. The second-order valence-electron chi connectivity index (χ2n) is 8.25. The molecule has 4 bridgehead atoms. The van der Waals surface area contributed by atoms with E-state index in [9.17, 15) is 0 Å². The summed E-state index contributed by atoms with van der Waals surface area (Å²) in [7, 11) is 1.61. The van der Waals surface area contributed by atoms with E-state index < -0.39 is 0 Å². The highest BCUT2D eigenvalue weighted by Crippen LogP contribution is 2.60. The summed E-state index contributed by atoms with van der Waals surface area (Å²) in [6, 6.07) is 0. The molecule has 0 aromatic carbocycles. The molecule has 0 spiro atoms. The summed E-state index contributed by atoms with van der Waals surface area (Å²) in [4.78, 5) is 0. The highest BCUT2D eigenvalue weighted by molar-refractivity contribution is 7.38. The molecule has 0 atom stereocenters. The minimum absolute atomic E-state index is 0.407. The largest absolute Gasteiger partial charge is 0.108 e. The van der Waals surface area contributed by atoms with Crippen LogP contribution >= 0.6 is 8.20 Å². The lowest BCUT2D eigenvalue weighted by molar-refractivity contribution is -0.0383. The van der Waals surface area contributed by atoms with Crippen molar-refractivity contribution in [2.24, 2.45) is 28.6 Å². The van der Waals surface area contributed by atoms with Crippen LogP contribution in [0.25, 0.3) is 0 Å². The van der Waals surface area contributed by atoms with Crippen LogP contribution in [0.15, 0.2) is 0 Å². The Kier molecular flexibility index (Phi) is 2.94. The van der Waals surface area contributed by atoms with Gasteiger partial charge in [-0.05, 0) is 73.3 Å². The zero-order valence-corrected chi connectivity index (χ0v) is 12.6. The fraction of sp³-hybridized carbons (Fsp3) is 0.938. The minimum Gasteiger partial charge on any atom is -0.108 e. The van der Waals surface area contributed by atoms with Crippen molar-refractivity contribution >= 4 is 14.0 Å². The molecule has 4 rings (SSSR count). The molecule has 4 saturated carbocycles. The molecule has 0 N–H and O–H groups in total. The minimum atomic E-state index is 0.407. The summed E-state index contributed by atoms with van der Waals surface area (Å²) in [5, 5.41) is 0. The summed E-state index contributed by atoms with van der Waals surface area (Å²) in [6.07, 6.45) is 10.9. The van der Waals surface area contributed by atoms with Crippen LogP contribution in [0.2, 0.25) is 0 Å². The molecule has 4 aliphatic rings. The smallest absolute Gasteiger partial charge is 0.00521 e. The predicted molar refractivity (Wildman–Crippen MR) is 77.9 cm³/mol. The Morgan fingerprint density at radius 3 is 1.88 bits per heavy atom. The number of hydrogen-bond donors (Lipinski definition) is 0. The average Bonchev–Trinajstić information content (AvgIpc) is 2.11. The third-order valence-electron chi connectivity index (χ3n) is 5.07. The van der Waals surface area contributed by atoms with E-state index in [-0.39, 0.29) is 0 Å². The van der Waals surface area contributed by atoms with Crippen LogP contribution < -0.4 is 0 Å². The standard InChI is InChI=1S/C16H27P/c1-15(2,3)10-17-11-16-7-12-4-13(8-16)6-14(5-12)9-16/h10,12-14H,4-9,11H2,1-3H3. The van der Waals surface area contributed by atoms with Crippen molar-refractivity contribution in [3.8, 4) is 0 Å². The van der Waals surface area contributed by atoms with E-state index in [4.69, 9.17) is 0 Å².